The minimum Gasteiger partial charge on any atom is -0.478 e. The Labute approximate surface area is 159 Å². The third-order valence-corrected chi connectivity index (χ3v) is 4.43. The number of hydrogen-bond donors (Lipinski definition) is 3. The lowest BCUT2D eigenvalue weighted by atomic mass is 10.1. The molecule has 0 aliphatic carbocycles. The van der Waals surface area contributed by atoms with Crippen molar-refractivity contribution in [2.24, 2.45) is 0 Å². The Morgan fingerprint density at radius 3 is 2.52 bits per heavy atom. The minimum absolute atomic E-state index is 0.0816. The van der Waals surface area contributed by atoms with Gasteiger partial charge in [0.25, 0.3) is 0 Å². The van der Waals surface area contributed by atoms with Gasteiger partial charge in [-0.2, -0.15) is 0 Å². The van der Waals surface area contributed by atoms with Gasteiger partial charge in [-0.1, -0.05) is 18.2 Å². The van der Waals surface area contributed by atoms with Crippen LogP contribution in [0.1, 0.15) is 15.9 Å². The molecule has 0 fully saturated rings. The zero-order valence-corrected chi connectivity index (χ0v) is 15.0. The predicted octanol–water partition coefficient (Wildman–Crippen LogP) is 4.41. The number of halogens is 1. The van der Waals surface area contributed by atoms with Crippen molar-refractivity contribution in [1.29, 1.82) is 5.41 Å². The smallest absolute Gasteiger partial charge is 0.335 e. The average molecular weight is 382 g/mol. The van der Waals surface area contributed by atoms with Crippen LogP contribution in [0.15, 0.2) is 54.9 Å². The van der Waals surface area contributed by atoms with Crippen molar-refractivity contribution >= 4 is 34.4 Å². The largest absolute Gasteiger partial charge is 0.478 e. The molecule has 0 spiro atoms. The van der Waals surface area contributed by atoms with E-state index in [1.54, 1.807) is 30.5 Å². The van der Waals surface area contributed by atoms with E-state index in [0.29, 0.717) is 22.4 Å². The zero-order valence-electron chi connectivity index (χ0n) is 14.2. The summed E-state index contributed by atoms with van der Waals surface area (Å²) in [5, 5.41) is 20.4. The summed E-state index contributed by atoms with van der Waals surface area (Å²) >= 11 is 1.23. The van der Waals surface area contributed by atoms with E-state index in [0.717, 1.165) is 0 Å². The Hall–Kier alpha value is -3.26. The van der Waals surface area contributed by atoms with Crippen molar-refractivity contribution in [3.63, 3.8) is 0 Å². The van der Waals surface area contributed by atoms with Crippen LogP contribution in [0.5, 0.6) is 0 Å². The SMILES string of the molecule is CSC(=N)c1ccc(C(=O)O)cc1Nc1ncc(-c2ccccc2F)cn1. The Morgan fingerprint density at radius 1 is 1.19 bits per heavy atom. The van der Waals surface area contributed by atoms with Crippen LogP contribution >= 0.6 is 11.8 Å². The minimum atomic E-state index is -1.07. The molecule has 0 aliphatic rings. The van der Waals surface area contributed by atoms with Gasteiger partial charge in [0.05, 0.1) is 16.3 Å². The van der Waals surface area contributed by atoms with Gasteiger partial charge in [-0.3, -0.25) is 5.41 Å². The Balaban J connectivity index is 1.93. The first-order valence-electron chi connectivity index (χ1n) is 7.84. The normalized spacial score (nSPS) is 10.4. The van der Waals surface area contributed by atoms with Crippen molar-refractivity contribution in [1.82, 2.24) is 9.97 Å². The number of benzene rings is 2. The summed E-state index contributed by atoms with van der Waals surface area (Å²) in [6.07, 6.45) is 4.72. The monoisotopic (exact) mass is 382 g/mol. The Morgan fingerprint density at radius 2 is 1.89 bits per heavy atom. The molecule has 0 atom stereocenters. The van der Waals surface area contributed by atoms with Crippen LogP contribution in [0, 0.1) is 11.2 Å². The number of hydrogen-bond acceptors (Lipinski definition) is 6. The third-order valence-electron chi connectivity index (χ3n) is 3.80. The summed E-state index contributed by atoms with van der Waals surface area (Å²) in [7, 11) is 0. The topological polar surface area (TPSA) is 99.0 Å². The van der Waals surface area contributed by atoms with E-state index >= 15 is 0 Å². The van der Waals surface area contributed by atoms with Gasteiger partial charge in [-0.25, -0.2) is 19.2 Å². The molecular weight excluding hydrogens is 367 g/mol. The second-order valence-electron chi connectivity index (χ2n) is 5.50. The van der Waals surface area contributed by atoms with Crippen molar-refractivity contribution in [2.75, 3.05) is 11.6 Å². The summed E-state index contributed by atoms with van der Waals surface area (Å²) in [5.41, 5.74) is 1.94. The lowest BCUT2D eigenvalue weighted by molar-refractivity contribution is 0.0697. The zero-order chi connectivity index (χ0) is 19.4. The number of carbonyl (C=O) groups is 1. The number of nitrogens with one attached hydrogen (secondary N) is 2. The molecule has 2 aromatic carbocycles. The molecule has 1 heterocycles. The molecule has 27 heavy (non-hydrogen) atoms. The second-order valence-corrected chi connectivity index (χ2v) is 6.32. The van der Waals surface area contributed by atoms with E-state index in [1.807, 2.05) is 0 Å². The van der Waals surface area contributed by atoms with E-state index in [-0.39, 0.29) is 22.4 Å². The number of carboxylic acids is 1. The van der Waals surface area contributed by atoms with Gasteiger partial charge in [0, 0.05) is 29.1 Å². The Bertz CT molecular complexity index is 1010. The lowest BCUT2D eigenvalue weighted by Gasteiger charge is -2.12. The van der Waals surface area contributed by atoms with Gasteiger partial charge in [-0.05, 0) is 30.5 Å². The van der Waals surface area contributed by atoms with Gasteiger partial charge in [0.2, 0.25) is 5.95 Å². The molecule has 6 nitrogen and oxygen atoms in total. The number of anilines is 2. The summed E-state index contributed by atoms with van der Waals surface area (Å²) in [6, 6.07) is 10.8. The predicted molar refractivity (Wildman–Crippen MR) is 104 cm³/mol. The average Bonchev–Trinajstić information content (AvgIpc) is 2.68. The highest BCUT2D eigenvalue weighted by Crippen LogP contribution is 2.26. The molecule has 3 N–H and O–H groups in total. The molecule has 0 bridgehead atoms. The van der Waals surface area contributed by atoms with E-state index < -0.39 is 5.97 Å². The highest BCUT2D eigenvalue weighted by Gasteiger charge is 2.13. The van der Waals surface area contributed by atoms with Crippen molar-refractivity contribution in [2.45, 2.75) is 0 Å². The van der Waals surface area contributed by atoms with E-state index in [4.69, 9.17) is 5.41 Å². The maximum Gasteiger partial charge on any atom is 0.335 e. The molecule has 0 aliphatic heterocycles. The maximum atomic E-state index is 13.9. The number of thioether (sulfide) groups is 1. The first-order valence-corrected chi connectivity index (χ1v) is 9.06. The Kier molecular flexibility index (Phi) is 5.46. The first kappa shape index (κ1) is 18.5. The molecule has 0 radical (unpaired) electrons. The fourth-order valence-corrected chi connectivity index (χ4v) is 2.83. The van der Waals surface area contributed by atoms with Gasteiger partial charge < -0.3 is 10.4 Å². The number of nitrogens with zero attached hydrogens (tertiary/aromatic N) is 2. The first-order chi connectivity index (χ1) is 13.0. The van der Waals surface area contributed by atoms with E-state index in [2.05, 4.69) is 15.3 Å². The van der Waals surface area contributed by atoms with Crippen LogP contribution in [0.3, 0.4) is 0 Å². The molecular formula is C19H15FN4O2S. The number of aromatic nitrogens is 2. The molecule has 3 rings (SSSR count). The van der Waals surface area contributed by atoms with Gasteiger partial charge in [0.15, 0.2) is 0 Å². The number of rotatable bonds is 5. The summed E-state index contributed by atoms with van der Waals surface area (Å²) in [4.78, 5) is 19.6. The van der Waals surface area contributed by atoms with Crippen LogP contribution in [-0.4, -0.2) is 32.3 Å². The molecule has 8 heteroatoms. The highest BCUT2D eigenvalue weighted by atomic mass is 32.2. The van der Waals surface area contributed by atoms with Gasteiger partial charge in [-0.15, -0.1) is 11.8 Å². The van der Waals surface area contributed by atoms with Crippen molar-refractivity contribution in [3.8, 4) is 11.1 Å². The summed E-state index contributed by atoms with van der Waals surface area (Å²) in [6.45, 7) is 0. The van der Waals surface area contributed by atoms with E-state index in [9.17, 15) is 14.3 Å². The summed E-state index contributed by atoms with van der Waals surface area (Å²) in [5.74, 6) is -1.23. The van der Waals surface area contributed by atoms with Crippen molar-refractivity contribution < 1.29 is 14.3 Å². The fourth-order valence-electron chi connectivity index (χ4n) is 2.44. The summed E-state index contributed by atoms with van der Waals surface area (Å²) < 4.78 is 13.9. The second kappa shape index (κ2) is 7.96. The maximum absolute atomic E-state index is 13.9. The fraction of sp³-hybridized carbons (Fsp3) is 0.0526. The number of aromatic carboxylic acids is 1. The highest BCUT2D eigenvalue weighted by molar-refractivity contribution is 8.13. The van der Waals surface area contributed by atoms with Crippen LogP contribution in [-0.2, 0) is 0 Å². The van der Waals surface area contributed by atoms with Crippen LogP contribution in [0.25, 0.3) is 11.1 Å². The van der Waals surface area contributed by atoms with Gasteiger partial charge >= 0.3 is 5.97 Å². The van der Waals surface area contributed by atoms with Crippen molar-refractivity contribution in [3.05, 3.63) is 71.8 Å². The molecule has 0 amide bonds. The van der Waals surface area contributed by atoms with Crippen LogP contribution in [0.2, 0.25) is 0 Å². The quantitative estimate of drug-likeness (QED) is 0.446. The molecule has 3 aromatic rings. The molecule has 0 saturated heterocycles. The van der Waals surface area contributed by atoms with Crippen LogP contribution < -0.4 is 5.32 Å². The molecule has 136 valence electrons. The van der Waals surface area contributed by atoms with Crippen LogP contribution in [0.4, 0.5) is 16.0 Å². The van der Waals surface area contributed by atoms with E-state index in [1.165, 1.54) is 42.4 Å². The van der Waals surface area contributed by atoms with Gasteiger partial charge in [0.1, 0.15) is 5.82 Å². The molecule has 1 aromatic heterocycles. The number of carboxylic acid groups (broad SMARTS) is 1. The molecule has 0 saturated carbocycles. The third kappa shape index (κ3) is 4.12. The molecule has 0 unspecified atom stereocenters. The lowest BCUT2D eigenvalue weighted by Crippen LogP contribution is -2.06. The standard InChI is InChI=1S/C19H15FN4O2S/c1-27-17(21)14-7-6-11(18(25)26)8-16(14)24-19-22-9-12(10-23-19)13-4-2-3-5-15(13)20/h2-10,21H,1H3,(H,25,26)(H,22,23,24).